The molecule has 1 N–H and O–H groups in total. The summed E-state index contributed by atoms with van der Waals surface area (Å²) in [7, 11) is 0. The lowest BCUT2D eigenvalue weighted by molar-refractivity contribution is -0.137. The third-order valence-corrected chi connectivity index (χ3v) is 4.08. The van der Waals surface area contributed by atoms with Crippen LogP contribution in [0.3, 0.4) is 0 Å². The van der Waals surface area contributed by atoms with Crippen molar-refractivity contribution in [3.63, 3.8) is 0 Å². The number of nitrogens with one attached hydrogen (secondary N) is 1. The highest BCUT2D eigenvalue weighted by Crippen LogP contribution is 2.34. The number of thioether (sulfide) groups is 1. The Labute approximate surface area is 124 Å². The maximum Gasteiger partial charge on any atom is 0.416 e. The number of nitrogens with zero attached hydrogens (tertiary/aromatic N) is 1. The first kappa shape index (κ1) is 15.5. The van der Waals surface area contributed by atoms with E-state index in [2.05, 4.69) is 10.3 Å². The van der Waals surface area contributed by atoms with E-state index in [0.717, 1.165) is 24.3 Å². The van der Waals surface area contributed by atoms with Crippen molar-refractivity contribution in [2.24, 2.45) is 4.99 Å². The van der Waals surface area contributed by atoms with Crippen LogP contribution in [0.2, 0.25) is 5.02 Å². The van der Waals surface area contributed by atoms with Gasteiger partial charge >= 0.3 is 6.18 Å². The van der Waals surface area contributed by atoms with Gasteiger partial charge in [-0.2, -0.15) is 13.2 Å². The molecule has 0 saturated heterocycles. The van der Waals surface area contributed by atoms with Crippen LogP contribution in [-0.4, -0.2) is 16.5 Å². The molecule has 1 aliphatic rings. The highest BCUT2D eigenvalue weighted by atomic mass is 35.5. The second kappa shape index (κ2) is 5.48. The minimum Gasteiger partial charge on any atom is -0.334 e. The van der Waals surface area contributed by atoms with E-state index >= 15 is 0 Å². The standard InChI is InChI=1S/C13H14ClF3N2S/c1-12(2)5-6-20-11(19-12)18-10-4-3-8(7-9(10)14)13(15,16)17/h3-4,7H,5-6H2,1-2H3,(H,18,19). The monoisotopic (exact) mass is 322 g/mol. The molecule has 7 heteroatoms. The van der Waals surface area contributed by atoms with Gasteiger partial charge in [-0.15, -0.1) is 0 Å². The average molecular weight is 323 g/mol. The SMILES string of the molecule is CC1(C)CCSC(Nc2ccc(C(F)(F)F)cc2Cl)=N1. The Bertz CT molecular complexity index is 541. The quantitative estimate of drug-likeness (QED) is 0.783. The predicted octanol–water partition coefficient (Wildman–Crippen LogP) is 5.04. The molecule has 1 aromatic rings. The van der Waals surface area contributed by atoms with Gasteiger partial charge in [0.05, 0.1) is 21.8 Å². The average Bonchev–Trinajstić information content (AvgIpc) is 2.29. The first-order valence-electron chi connectivity index (χ1n) is 6.04. The van der Waals surface area contributed by atoms with E-state index in [1.54, 1.807) is 0 Å². The zero-order chi connectivity index (χ0) is 15.0. The number of aliphatic imine (C=N–C) groups is 1. The first-order chi connectivity index (χ1) is 9.17. The van der Waals surface area contributed by atoms with Crippen LogP contribution < -0.4 is 5.32 Å². The van der Waals surface area contributed by atoms with Crippen molar-refractivity contribution in [3.05, 3.63) is 28.8 Å². The lowest BCUT2D eigenvalue weighted by Crippen LogP contribution is -2.27. The van der Waals surface area contributed by atoms with Crippen molar-refractivity contribution in [1.82, 2.24) is 0 Å². The van der Waals surface area contributed by atoms with Gasteiger partial charge in [-0.05, 0) is 38.5 Å². The molecule has 110 valence electrons. The van der Waals surface area contributed by atoms with Gasteiger partial charge in [-0.1, -0.05) is 23.4 Å². The van der Waals surface area contributed by atoms with E-state index in [1.807, 2.05) is 13.8 Å². The van der Waals surface area contributed by atoms with Gasteiger partial charge in [-0.3, -0.25) is 4.99 Å². The van der Waals surface area contributed by atoms with Crippen LogP contribution in [0.4, 0.5) is 18.9 Å². The lowest BCUT2D eigenvalue weighted by atomic mass is 10.0. The van der Waals surface area contributed by atoms with Crippen molar-refractivity contribution in [2.45, 2.75) is 32.0 Å². The van der Waals surface area contributed by atoms with Gasteiger partial charge < -0.3 is 5.32 Å². The van der Waals surface area contributed by atoms with Crippen LogP contribution in [-0.2, 0) is 6.18 Å². The second-order valence-electron chi connectivity index (χ2n) is 5.15. The molecule has 0 saturated carbocycles. The van der Waals surface area contributed by atoms with Crippen LogP contribution in [0.1, 0.15) is 25.8 Å². The number of hydrogen-bond acceptors (Lipinski definition) is 3. The molecule has 1 aromatic carbocycles. The molecule has 0 aliphatic carbocycles. The zero-order valence-electron chi connectivity index (χ0n) is 11.0. The molecule has 20 heavy (non-hydrogen) atoms. The number of anilines is 1. The minimum atomic E-state index is -4.39. The number of rotatable bonds is 1. The summed E-state index contributed by atoms with van der Waals surface area (Å²) in [6.07, 6.45) is -3.43. The highest BCUT2D eigenvalue weighted by Gasteiger charge is 2.31. The molecular formula is C13H14ClF3N2S. The minimum absolute atomic E-state index is 0.0338. The summed E-state index contributed by atoms with van der Waals surface area (Å²) in [5.41, 5.74) is -0.485. The van der Waals surface area contributed by atoms with Crippen LogP contribution >= 0.6 is 23.4 Å². The van der Waals surface area contributed by atoms with E-state index in [4.69, 9.17) is 11.6 Å². The Kier molecular flexibility index (Phi) is 4.25. The van der Waals surface area contributed by atoms with E-state index < -0.39 is 11.7 Å². The van der Waals surface area contributed by atoms with Gasteiger partial charge in [-0.25, -0.2) is 0 Å². The molecule has 0 aromatic heterocycles. The molecule has 0 radical (unpaired) electrons. The van der Waals surface area contributed by atoms with E-state index in [9.17, 15) is 13.2 Å². The number of benzene rings is 1. The smallest absolute Gasteiger partial charge is 0.334 e. The van der Waals surface area contributed by atoms with Gasteiger partial charge in [0.15, 0.2) is 5.17 Å². The fourth-order valence-corrected chi connectivity index (χ4v) is 3.25. The van der Waals surface area contributed by atoms with Crippen LogP contribution in [0.15, 0.2) is 23.2 Å². The predicted molar refractivity (Wildman–Crippen MR) is 78.7 cm³/mol. The molecule has 2 nitrogen and oxygen atoms in total. The summed E-state index contributed by atoms with van der Waals surface area (Å²) >= 11 is 7.44. The third-order valence-electron chi connectivity index (χ3n) is 2.89. The largest absolute Gasteiger partial charge is 0.416 e. The summed E-state index contributed by atoms with van der Waals surface area (Å²) in [4.78, 5) is 4.51. The topological polar surface area (TPSA) is 24.4 Å². The Balaban J connectivity index is 2.21. The van der Waals surface area contributed by atoms with Crippen molar-refractivity contribution < 1.29 is 13.2 Å². The fraction of sp³-hybridized carbons (Fsp3) is 0.462. The molecule has 0 unspecified atom stereocenters. The van der Waals surface area contributed by atoms with Crippen molar-refractivity contribution in [3.8, 4) is 0 Å². The zero-order valence-corrected chi connectivity index (χ0v) is 12.6. The summed E-state index contributed by atoms with van der Waals surface area (Å²) in [6, 6.07) is 3.26. The maximum atomic E-state index is 12.6. The number of halogens is 4. The van der Waals surface area contributed by atoms with Crippen LogP contribution in [0.5, 0.6) is 0 Å². The lowest BCUT2D eigenvalue weighted by Gasteiger charge is -2.26. The summed E-state index contributed by atoms with van der Waals surface area (Å²) in [5, 5.41) is 3.71. The Morgan fingerprint density at radius 3 is 2.60 bits per heavy atom. The molecule has 0 spiro atoms. The van der Waals surface area contributed by atoms with E-state index in [1.165, 1.54) is 17.8 Å². The van der Waals surface area contributed by atoms with Gasteiger partial charge in [0.25, 0.3) is 0 Å². The molecule has 1 heterocycles. The fourth-order valence-electron chi connectivity index (χ4n) is 1.73. The molecule has 0 amide bonds. The van der Waals surface area contributed by atoms with E-state index in [-0.39, 0.29) is 10.6 Å². The first-order valence-corrected chi connectivity index (χ1v) is 7.40. The second-order valence-corrected chi connectivity index (χ2v) is 6.64. The van der Waals surface area contributed by atoms with Crippen molar-refractivity contribution >= 4 is 34.2 Å². The van der Waals surface area contributed by atoms with Gasteiger partial charge in [0.2, 0.25) is 0 Å². The van der Waals surface area contributed by atoms with E-state index in [0.29, 0.717) is 10.9 Å². The summed E-state index contributed by atoms with van der Waals surface area (Å²) < 4.78 is 37.7. The summed E-state index contributed by atoms with van der Waals surface area (Å²) in [6.45, 7) is 4.03. The molecule has 0 bridgehead atoms. The number of hydrogen-bond donors (Lipinski definition) is 1. The maximum absolute atomic E-state index is 12.6. The third kappa shape index (κ3) is 3.82. The Morgan fingerprint density at radius 1 is 1.35 bits per heavy atom. The van der Waals surface area contributed by atoms with Crippen molar-refractivity contribution in [1.29, 1.82) is 0 Å². The number of alkyl halides is 3. The van der Waals surface area contributed by atoms with Crippen molar-refractivity contribution in [2.75, 3.05) is 11.1 Å². The summed E-state index contributed by atoms with van der Waals surface area (Å²) in [5.74, 6) is 0.914. The van der Waals surface area contributed by atoms with Gasteiger partial charge in [0.1, 0.15) is 0 Å². The number of amidine groups is 1. The normalized spacial score (nSPS) is 18.6. The molecule has 0 fully saturated rings. The van der Waals surface area contributed by atoms with Crippen LogP contribution in [0.25, 0.3) is 0 Å². The Morgan fingerprint density at radius 2 is 2.05 bits per heavy atom. The van der Waals surface area contributed by atoms with Gasteiger partial charge in [0, 0.05) is 5.75 Å². The molecule has 2 rings (SSSR count). The van der Waals surface area contributed by atoms with Crippen LogP contribution in [0, 0.1) is 0 Å². The molecule has 0 atom stereocenters. The highest BCUT2D eigenvalue weighted by molar-refractivity contribution is 8.14. The molecule has 1 aliphatic heterocycles. The molecular weight excluding hydrogens is 309 g/mol. The Hall–Kier alpha value is -0.880.